The number of hydrogen-bond donors (Lipinski definition) is 1. The highest BCUT2D eigenvalue weighted by atomic mass is 32.1. The Morgan fingerprint density at radius 3 is 2.53 bits per heavy atom. The van der Waals surface area contributed by atoms with Gasteiger partial charge in [-0.2, -0.15) is 0 Å². The number of rotatable bonds is 7. The molecule has 1 fully saturated rings. The van der Waals surface area contributed by atoms with Gasteiger partial charge in [0, 0.05) is 63.2 Å². The van der Waals surface area contributed by atoms with Crippen LogP contribution in [0.4, 0.5) is 0 Å². The van der Waals surface area contributed by atoms with Gasteiger partial charge in [-0.3, -0.25) is 9.89 Å². The quantitative estimate of drug-likeness (QED) is 0.537. The summed E-state index contributed by atoms with van der Waals surface area (Å²) in [6.45, 7) is 9.73. The molecule has 30 heavy (non-hydrogen) atoms. The molecule has 0 bridgehead atoms. The highest BCUT2D eigenvalue weighted by Crippen LogP contribution is 2.25. The largest absolute Gasteiger partial charge is 0.497 e. The average molecular weight is 432 g/mol. The second kappa shape index (κ2) is 10.6. The number of ether oxygens (including phenoxy) is 2. The van der Waals surface area contributed by atoms with E-state index in [1.54, 1.807) is 25.6 Å². The van der Waals surface area contributed by atoms with E-state index >= 15 is 0 Å². The summed E-state index contributed by atoms with van der Waals surface area (Å²) in [5.74, 6) is 2.75. The third-order valence-electron chi connectivity index (χ3n) is 5.40. The van der Waals surface area contributed by atoms with Crippen LogP contribution in [0.5, 0.6) is 11.5 Å². The summed E-state index contributed by atoms with van der Waals surface area (Å²) in [6, 6.07) is 5.97. The molecule has 0 amide bonds. The van der Waals surface area contributed by atoms with E-state index in [0.29, 0.717) is 0 Å². The first kappa shape index (κ1) is 22.4. The van der Waals surface area contributed by atoms with Crippen LogP contribution in [0.2, 0.25) is 0 Å². The van der Waals surface area contributed by atoms with Crippen LogP contribution >= 0.6 is 11.3 Å². The lowest BCUT2D eigenvalue weighted by Crippen LogP contribution is -2.52. The van der Waals surface area contributed by atoms with E-state index in [9.17, 15) is 0 Å². The van der Waals surface area contributed by atoms with Gasteiger partial charge in [-0.15, -0.1) is 11.3 Å². The SMILES string of the molecule is CN=C(NCCc1sc(C)nc1C)N1CCN(Cc2cc(OC)ccc2OC)CC1. The van der Waals surface area contributed by atoms with Gasteiger partial charge >= 0.3 is 0 Å². The maximum Gasteiger partial charge on any atom is 0.193 e. The molecule has 1 aromatic heterocycles. The fourth-order valence-corrected chi connectivity index (χ4v) is 4.73. The van der Waals surface area contributed by atoms with E-state index in [4.69, 9.17) is 9.47 Å². The zero-order chi connectivity index (χ0) is 21.5. The number of guanidine groups is 1. The van der Waals surface area contributed by atoms with Crippen LogP contribution in [-0.4, -0.2) is 74.7 Å². The maximum absolute atomic E-state index is 5.53. The van der Waals surface area contributed by atoms with Crippen molar-refractivity contribution < 1.29 is 9.47 Å². The van der Waals surface area contributed by atoms with Gasteiger partial charge in [0.1, 0.15) is 11.5 Å². The van der Waals surface area contributed by atoms with Crippen LogP contribution in [0.1, 0.15) is 21.1 Å². The number of benzene rings is 1. The number of nitrogens with zero attached hydrogens (tertiary/aromatic N) is 4. The van der Waals surface area contributed by atoms with Gasteiger partial charge in [0.15, 0.2) is 5.96 Å². The van der Waals surface area contributed by atoms with Gasteiger partial charge in [0.05, 0.1) is 24.9 Å². The van der Waals surface area contributed by atoms with Gasteiger partial charge in [-0.05, 0) is 32.0 Å². The lowest BCUT2D eigenvalue weighted by Gasteiger charge is -2.36. The van der Waals surface area contributed by atoms with Crippen molar-refractivity contribution in [3.8, 4) is 11.5 Å². The van der Waals surface area contributed by atoms with E-state index in [1.807, 2.05) is 19.2 Å². The number of thiazole rings is 1. The number of nitrogens with one attached hydrogen (secondary N) is 1. The molecule has 2 heterocycles. The maximum atomic E-state index is 5.53. The number of piperazine rings is 1. The van der Waals surface area contributed by atoms with E-state index in [2.05, 4.69) is 45.0 Å². The van der Waals surface area contributed by atoms with Crippen LogP contribution in [-0.2, 0) is 13.0 Å². The van der Waals surface area contributed by atoms with Gasteiger partial charge in [0.2, 0.25) is 0 Å². The summed E-state index contributed by atoms with van der Waals surface area (Å²) >= 11 is 1.79. The van der Waals surface area contributed by atoms with Crippen molar-refractivity contribution in [3.05, 3.63) is 39.3 Å². The molecular formula is C22H33N5O2S. The molecule has 0 atom stereocenters. The molecule has 0 spiro atoms. The number of methoxy groups -OCH3 is 2. The van der Waals surface area contributed by atoms with Crippen molar-refractivity contribution in [1.82, 2.24) is 20.1 Å². The molecular weight excluding hydrogens is 398 g/mol. The van der Waals surface area contributed by atoms with Crippen molar-refractivity contribution in [2.24, 2.45) is 4.99 Å². The van der Waals surface area contributed by atoms with Crippen molar-refractivity contribution >= 4 is 17.3 Å². The molecule has 1 aliphatic rings. The van der Waals surface area contributed by atoms with E-state index in [1.165, 1.54) is 4.88 Å². The van der Waals surface area contributed by atoms with Gasteiger partial charge in [-0.1, -0.05) is 0 Å². The summed E-state index contributed by atoms with van der Waals surface area (Å²) in [4.78, 5) is 15.1. The Morgan fingerprint density at radius 1 is 1.17 bits per heavy atom. The fraction of sp³-hybridized carbons (Fsp3) is 0.545. The minimum absolute atomic E-state index is 0.851. The van der Waals surface area contributed by atoms with Crippen LogP contribution in [0.15, 0.2) is 23.2 Å². The van der Waals surface area contributed by atoms with Crippen molar-refractivity contribution in [2.75, 3.05) is 54.0 Å². The third kappa shape index (κ3) is 5.64. The lowest BCUT2D eigenvalue weighted by atomic mass is 10.1. The number of aryl methyl sites for hydroxylation is 2. The molecule has 3 rings (SSSR count). The van der Waals surface area contributed by atoms with Crippen molar-refractivity contribution in [1.29, 1.82) is 0 Å². The minimum atomic E-state index is 0.851. The zero-order valence-corrected chi connectivity index (χ0v) is 19.5. The smallest absolute Gasteiger partial charge is 0.193 e. The molecule has 164 valence electrons. The molecule has 2 aromatic rings. The predicted octanol–water partition coefficient (Wildman–Crippen LogP) is 2.71. The molecule has 0 radical (unpaired) electrons. The summed E-state index contributed by atoms with van der Waals surface area (Å²) in [5.41, 5.74) is 2.30. The molecule has 1 aliphatic heterocycles. The highest BCUT2D eigenvalue weighted by Gasteiger charge is 2.21. The van der Waals surface area contributed by atoms with Gasteiger partial charge in [-0.25, -0.2) is 4.98 Å². The van der Waals surface area contributed by atoms with Crippen LogP contribution in [0, 0.1) is 13.8 Å². The zero-order valence-electron chi connectivity index (χ0n) is 18.7. The highest BCUT2D eigenvalue weighted by molar-refractivity contribution is 7.11. The fourth-order valence-electron chi connectivity index (χ4n) is 3.79. The average Bonchev–Trinajstić information content (AvgIpc) is 3.08. The lowest BCUT2D eigenvalue weighted by molar-refractivity contribution is 0.171. The first-order valence-corrected chi connectivity index (χ1v) is 11.2. The molecule has 1 aromatic carbocycles. The van der Waals surface area contributed by atoms with E-state index in [-0.39, 0.29) is 0 Å². The van der Waals surface area contributed by atoms with Crippen LogP contribution in [0.3, 0.4) is 0 Å². The topological polar surface area (TPSA) is 62.2 Å². The standard InChI is InChI=1S/C22H33N5O2S/c1-16-21(30-17(2)25-16)8-9-24-22(23-3)27-12-10-26(11-13-27)15-18-14-19(28-4)6-7-20(18)29-5/h6-7,14H,8-13,15H2,1-5H3,(H,23,24). The van der Waals surface area contributed by atoms with Crippen molar-refractivity contribution in [3.63, 3.8) is 0 Å². The minimum Gasteiger partial charge on any atom is -0.497 e. The third-order valence-corrected chi connectivity index (χ3v) is 6.53. The molecule has 0 aliphatic carbocycles. The van der Waals surface area contributed by atoms with E-state index in [0.717, 1.165) is 79.4 Å². The molecule has 8 heteroatoms. The van der Waals surface area contributed by atoms with Crippen molar-refractivity contribution in [2.45, 2.75) is 26.8 Å². The summed E-state index contributed by atoms with van der Waals surface area (Å²) in [7, 11) is 5.27. The molecule has 1 saturated heterocycles. The Morgan fingerprint density at radius 2 is 1.93 bits per heavy atom. The molecule has 0 unspecified atom stereocenters. The first-order chi connectivity index (χ1) is 14.5. The Labute approximate surface area is 183 Å². The molecule has 0 saturated carbocycles. The summed E-state index contributed by atoms with van der Waals surface area (Å²) in [6.07, 6.45) is 0.978. The number of aliphatic imine (C=N–C) groups is 1. The number of aromatic nitrogens is 1. The van der Waals surface area contributed by atoms with Gasteiger partial charge < -0.3 is 19.7 Å². The Bertz CT molecular complexity index is 859. The normalized spacial score (nSPS) is 15.4. The summed E-state index contributed by atoms with van der Waals surface area (Å²) < 4.78 is 10.9. The Hall–Kier alpha value is -2.32. The van der Waals surface area contributed by atoms with E-state index < -0.39 is 0 Å². The Balaban J connectivity index is 1.50. The van der Waals surface area contributed by atoms with Crippen LogP contribution < -0.4 is 14.8 Å². The second-order valence-corrected chi connectivity index (χ2v) is 8.69. The first-order valence-electron chi connectivity index (χ1n) is 10.4. The summed E-state index contributed by atoms with van der Waals surface area (Å²) in [5, 5.41) is 4.66. The molecule has 1 N–H and O–H groups in total. The Kier molecular flexibility index (Phi) is 7.93. The second-order valence-electron chi connectivity index (χ2n) is 7.41. The molecule has 7 nitrogen and oxygen atoms in total. The monoisotopic (exact) mass is 431 g/mol. The number of hydrogen-bond acceptors (Lipinski definition) is 6. The predicted molar refractivity (Wildman–Crippen MR) is 123 cm³/mol. The van der Waals surface area contributed by atoms with Crippen LogP contribution in [0.25, 0.3) is 0 Å². The van der Waals surface area contributed by atoms with Gasteiger partial charge in [0.25, 0.3) is 0 Å².